The second-order valence-corrected chi connectivity index (χ2v) is 3.80. The molecule has 0 bridgehead atoms. The number of benzene rings is 1. The van der Waals surface area contributed by atoms with Crippen molar-refractivity contribution >= 4 is 11.8 Å². The number of carbonyl (C=O) groups excluding carboxylic acids is 1. The molecule has 4 nitrogen and oxygen atoms in total. The van der Waals surface area contributed by atoms with Crippen LogP contribution in [0.1, 0.15) is 25.3 Å². The van der Waals surface area contributed by atoms with Crippen molar-refractivity contribution in [3.05, 3.63) is 23.8 Å². The van der Waals surface area contributed by atoms with Gasteiger partial charge in [-0.1, -0.05) is 13.3 Å². The number of carbonyl (C=O) groups is 1. The van der Waals surface area contributed by atoms with Gasteiger partial charge in [0.05, 0.1) is 13.7 Å². The Morgan fingerprint density at radius 1 is 1.41 bits per heavy atom. The summed E-state index contributed by atoms with van der Waals surface area (Å²) in [5, 5.41) is 2.70. The van der Waals surface area contributed by atoms with Gasteiger partial charge in [0, 0.05) is 5.69 Å². The minimum absolute atomic E-state index is 0.410. The lowest BCUT2D eigenvalue weighted by Gasteiger charge is -2.10. The van der Waals surface area contributed by atoms with Crippen LogP contribution in [-0.2, 0) is 4.74 Å². The zero-order valence-electron chi connectivity index (χ0n) is 10.6. The van der Waals surface area contributed by atoms with Gasteiger partial charge in [0.2, 0.25) is 0 Å². The van der Waals surface area contributed by atoms with Crippen LogP contribution in [0.4, 0.5) is 10.5 Å². The highest BCUT2D eigenvalue weighted by atomic mass is 16.5. The van der Waals surface area contributed by atoms with Crippen molar-refractivity contribution < 1.29 is 14.3 Å². The maximum absolute atomic E-state index is 11.4. The number of amides is 1. The van der Waals surface area contributed by atoms with Crippen LogP contribution >= 0.6 is 0 Å². The Balaban J connectivity index is 2.53. The highest BCUT2D eigenvalue weighted by molar-refractivity contribution is 5.85. The van der Waals surface area contributed by atoms with Gasteiger partial charge >= 0.3 is 6.09 Å². The molecule has 0 aliphatic rings. The van der Waals surface area contributed by atoms with Gasteiger partial charge in [0.25, 0.3) is 0 Å². The number of rotatable bonds is 5. The van der Waals surface area contributed by atoms with Gasteiger partial charge in [0.15, 0.2) is 0 Å². The Morgan fingerprint density at radius 2 is 2.18 bits per heavy atom. The largest absolute Gasteiger partial charge is 0.497 e. The van der Waals surface area contributed by atoms with E-state index in [1.807, 2.05) is 13.0 Å². The van der Waals surface area contributed by atoms with Crippen LogP contribution < -0.4 is 10.1 Å². The Morgan fingerprint density at radius 3 is 2.76 bits per heavy atom. The van der Waals surface area contributed by atoms with Crippen LogP contribution in [0.15, 0.2) is 18.2 Å². The molecule has 17 heavy (non-hydrogen) atoms. The third-order valence-electron chi connectivity index (χ3n) is 2.40. The fraction of sp³-hybridized carbons (Fsp3) is 0.462. The Labute approximate surface area is 102 Å². The number of anilines is 1. The molecular formula is C13H19NO3. The number of aryl methyl sites for hydroxylation is 1. The second-order valence-electron chi connectivity index (χ2n) is 3.80. The molecule has 1 rings (SSSR count). The molecule has 0 unspecified atom stereocenters. The monoisotopic (exact) mass is 237 g/mol. The zero-order chi connectivity index (χ0) is 12.7. The molecule has 0 aliphatic carbocycles. The lowest BCUT2D eigenvalue weighted by atomic mass is 10.2. The maximum atomic E-state index is 11.4. The van der Waals surface area contributed by atoms with Crippen molar-refractivity contribution in [3.8, 4) is 5.75 Å². The number of hydrogen-bond donors (Lipinski definition) is 1. The van der Waals surface area contributed by atoms with Crippen molar-refractivity contribution in [3.63, 3.8) is 0 Å². The van der Waals surface area contributed by atoms with Gasteiger partial charge in [-0.25, -0.2) is 4.79 Å². The number of methoxy groups -OCH3 is 1. The first-order valence-electron chi connectivity index (χ1n) is 5.75. The Kier molecular flexibility index (Phi) is 5.33. The van der Waals surface area contributed by atoms with Crippen LogP contribution in [0, 0.1) is 6.92 Å². The summed E-state index contributed by atoms with van der Waals surface area (Å²) in [6.07, 6.45) is 1.48. The van der Waals surface area contributed by atoms with Gasteiger partial charge in [-0.2, -0.15) is 0 Å². The predicted molar refractivity (Wildman–Crippen MR) is 67.6 cm³/mol. The molecule has 0 spiro atoms. The first kappa shape index (κ1) is 13.4. The lowest BCUT2D eigenvalue weighted by molar-refractivity contribution is 0.160. The summed E-state index contributed by atoms with van der Waals surface area (Å²) in [6.45, 7) is 4.41. The predicted octanol–water partition coefficient (Wildman–Crippen LogP) is 3.35. The van der Waals surface area contributed by atoms with Gasteiger partial charge < -0.3 is 9.47 Å². The fourth-order valence-electron chi connectivity index (χ4n) is 1.36. The SMILES string of the molecule is CCCCOC(=O)Nc1ccc(OC)cc1C. The normalized spacial score (nSPS) is 9.82. The second kappa shape index (κ2) is 6.78. The third-order valence-corrected chi connectivity index (χ3v) is 2.40. The van der Waals surface area contributed by atoms with E-state index in [4.69, 9.17) is 9.47 Å². The topological polar surface area (TPSA) is 47.6 Å². The third kappa shape index (κ3) is 4.34. The van der Waals surface area contributed by atoms with Crippen molar-refractivity contribution in [2.45, 2.75) is 26.7 Å². The molecule has 1 amide bonds. The molecule has 1 aromatic carbocycles. The summed E-state index contributed by atoms with van der Waals surface area (Å²) >= 11 is 0. The van der Waals surface area contributed by atoms with Gasteiger partial charge in [0.1, 0.15) is 5.75 Å². The number of nitrogens with one attached hydrogen (secondary N) is 1. The average Bonchev–Trinajstić information content (AvgIpc) is 2.32. The summed E-state index contributed by atoms with van der Waals surface area (Å²) in [6, 6.07) is 5.46. The first-order valence-corrected chi connectivity index (χ1v) is 5.75. The van der Waals surface area contributed by atoms with Crippen molar-refractivity contribution in [2.75, 3.05) is 19.0 Å². The molecule has 0 aromatic heterocycles. The van der Waals surface area contributed by atoms with Crippen molar-refractivity contribution in [2.24, 2.45) is 0 Å². The molecular weight excluding hydrogens is 218 g/mol. The summed E-state index contributed by atoms with van der Waals surface area (Å²) in [5.41, 5.74) is 1.68. The van der Waals surface area contributed by atoms with E-state index in [9.17, 15) is 4.79 Å². The molecule has 0 radical (unpaired) electrons. The zero-order valence-corrected chi connectivity index (χ0v) is 10.6. The molecule has 0 saturated carbocycles. The molecule has 94 valence electrons. The summed E-state index contributed by atoms with van der Waals surface area (Å²) < 4.78 is 10.1. The van der Waals surface area contributed by atoms with Crippen LogP contribution in [0.5, 0.6) is 5.75 Å². The fourth-order valence-corrected chi connectivity index (χ4v) is 1.36. The van der Waals surface area contributed by atoms with E-state index in [0.717, 1.165) is 29.8 Å². The van der Waals surface area contributed by atoms with E-state index >= 15 is 0 Å². The van der Waals surface area contributed by atoms with Gasteiger partial charge in [-0.3, -0.25) is 5.32 Å². The smallest absolute Gasteiger partial charge is 0.411 e. The number of unbranched alkanes of at least 4 members (excludes halogenated alkanes) is 1. The molecule has 0 atom stereocenters. The van der Waals surface area contributed by atoms with E-state index in [0.29, 0.717) is 6.61 Å². The molecule has 4 heteroatoms. The van der Waals surface area contributed by atoms with Crippen LogP contribution in [0.25, 0.3) is 0 Å². The van der Waals surface area contributed by atoms with Crippen molar-refractivity contribution in [1.82, 2.24) is 0 Å². The molecule has 1 N–H and O–H groups in total. The van der Waals surface area contributed by atoms with E-state index in [-0.39, 0.29) is 0 Å². The lowest BCUT2D eigenvalue weighted by Crippen LogP contribution is -2.15. The maximum Gasteiger partial charge on any atom is 0.411 e. The molecule has 0 heterocycles. The van der Waals surface area contributed by atoms with Crippen LogP contribution in [-0.4, -0.2) is 19.8 Å². The summed E-state index contributed by atoms with van der Waals surface area (Å²) in [4.78, 5) is 11.4. The summed E-state index contributed by atoms with van der Waals surface area (Å²) in [5.74, 6) is 0.771. The minimum Gasteiger partial charge on any atom is -0.497 e. The van der Waals surface area contributed by atoms with Crippen LogP contribution in [0.2, 0.25) is 0 Å². The molecule has 0 saturated heterocycles. The van der Waals surface area contributed by atoms with E-state index in [1.54, 1.807) is 19.2 Å². The average molecular weight is 237 g/mol. The highest BCUT2D eigenvalue weighted by Crippen LogP contribution is 2.21. The van der Waals surface area contributed by atoms with E-state index in [2.05, 4.69) is 12.2 Å². The summed E-state index contributed by atoms with van der Waals surface area (Å²) in [7, 11) is 1.61. The Hall–Kier alpha value is -1.71. The Bertz CT molecular complexity index is 377. The first-order chi connectivity index (χ1) is 8.17. The van der Waals surface area contributed by atoms with E-state index < -0.39 is 6.09 Å². The number of ether oxygens (including phenoxy) is 2. The number of hydrogen-bond acceptors (Lipinski definition) is 3. The molecule has 1 aromatic rings. The quantitative estimate of drug-likeness (QED) is 0.799. The highest BCUT2D eigenvalue weighted by Gasteiger charge is 2.05. The van der Waals surface area contributed by atoms with Crippen LogP contribution in [0.3, 0.4) is 0 Å². The minimum atomic E-state index is -0.410. The molecule has 0 fully saturated rings. The van der Waals surface area contributed by atoms with Crippen molar-refractivity contribution in [1.29, 1.82) is 0 Å². The standard InChI is InChI=1S/C13H19NO3/c1-4-5-8-17-13(15)14-12-7-6-11(16-3)9-10(12)2/h6-7,9H,4-5,8H2,1-3H3,(H,14,15). The van der Waals surface area contributed by atoms with Gasteiger partial charge in [-0.15, -0.1) is 0 Å². The molecule has 0 aliphatic heterocycles. The van der Waals surface area contributed by atoms with Gasteiger partial charge in [-0.05, 0) is 37.1 Å². The van der Waals surface area contributed by atoms with E-state index in [1.165, 1.54) is 0 Å².